The number of thiazole rings is 1. The van der Waals surface area contributed by atoms with Crippen molar-refractivity contribution in [3.63, 3.8) is 0 Å². The number of rotatable bonds is 8. The second-order valence-electron chi connectivity index (χ2n) is 5.53. The molecule has 0 radical (unpaired) electrons. The number of nitrogens with two attached hydrogens (primary N) is 1. The summed E-state index contributed by atoms with van der Waals surface area (Å²) in [6.07, 6.45) is 3.72. The Balaban J connectivity index is 2.10. The Morgan fingerprint density at radius 2 is 2.16 bits per heavy atom. The standard InChI is InChI=1S/C17H24N4O3S/c1-3-12(4-2)20-17(23)21-13-5-6-14(11(9-13)7-8-22)24-15-10-19-16(18)25-15/h5-6,9-10,12,22H,3-4,7-8H2,1-2H3,(H2,18,19)(H2,20,21,23). The monoisotopic (exact) mass is 364 g/mol. The molecule has 8 heteroatoms. The Bertz CT molecular complexity index is 701. The minimum Gasteiger partial charge on any atom is -0.445 e. The van der Waals surface area contributed by atoms with Crippen molar-refractivity contribution in [1.82, 2.24) is 10.3 Å². The molecule has 0 aliphatic carbocycles. The summed E-state index contributed by atoms with van der Waals surface area (Å²) in [5.74, 6) is 0.601. The van der Waals surface area contributed by atoms with Gasteiger partial charge < -0.3 is 26.2 Å². The molecule has 0 spiro atoms. The van der Waals surface area contributed by atoms with E-state index in [0.29, 0.717) is 28.1 Å². The maximum atomic E-state index is 12.1. The first kappa shape index (κ1) is 19.0. The van der Waals surface area contributed by atoms with Crippen LogP contribution in [-0.4, -0.2) is 28.8 Å². The number of ether oxygens (including phenoxy) is 1. The molecule has 0 aliphatic rings. The lowest BCUT2D eigenvalue weighted by molar-refractivity contribution is 0.247. The largest absolute Gasteiger partial charge is 0.445 e. The van der Waals surface area contributed by atoms with Crippen LogP contribution in [0.5, 0.6) is 10.8 Å². The number of amides is 2. The summed E-state index contributed by atoms with van der Waals surface area (Å²) in [5.41, 5.74) is 7.03. The number of aliphatic hydroxyl groups is 1. The predicted molar refractivity (Wildman–Crippen MR) is 100 cm³/mol. The number of aliphatic hydroxyl groups excluding tert-OH is 1. The first-order chi connectivity index (χ1) is 12.0. The van der Waals surface area contributed by atoms with Crippen LogP contribution in [0.2, 0.25) is 0 Å². The molecule has 7 nitrogen and oxygen atoms in total. The van der Waals surface area contributed by atoms with Crippen molar-refractivity contribution in [3.8, 4) is 10.8 Å². The molecule has 0 saturated heterocycles. The first-order valence-electron chi connectivity index (χ1n) is 8.26. The first-order valence-corrected chi connectivity index (χ1v) is 9.07. The summed E-state index contributed by atoms with van der Waals surface area (Å²) in [4.78, 5) is 16.0. The van der Waals surface area contributed by atoms with Gasteiger partial charge in [0.25, 0.3) is 0 Å². The van der Waals surface area contributed by atoms with Crippen molar-refractivity contribution < 1.29 is 14.6 Å². The van der Waals surface area contributed by atoms with E-state index < -0.39 is 0 Å². The Kier molecular flexibility index (Phi) is 7.03. The number of hydrogen-bond donors (Lipinski definition) is 4. The molecule has 0 bridgehead atoms. The van der Waals surface area contributed by atoms with Crippen LogP contribution < -0.4 is 21.1 Å². The average molecular weight is 364 g/mol. The zero-order chi connectivity index (χ0) is 18.2. The molecule has 2 aromatic rings. The van der Waals surface area contributed by atoms with Gasteiger partial charge in [0.15, 0.2) is 5.13 Å². The summed E-state index contributed by atoms with van der Waals surface area (Å²) in [6.45, 7) is 4.04. The van der Waals surface area contributed by atoms with Gasteiger partial charge in [0.2, 0.25) is 5.06 Å². The maximum Gasteiger partial charge on any atom is 0.319 e. The molecule has 25 heavy (non-hydrogen) atoms. The van der Waals surface area contributed by atoms with Gasteiger partial charge in [0.1, 0.15) is 5.75 Å². The number of benzene rings is 1. The lowest BCUT2D eigenvalue weighted by atomic mass is 10.1. The molecule has 2 amide bonds. The summed E-state index contributed by atoms with van der Waals surface area (Å²) in [5, 5.41) is 16.0. The van der Waals surface area contributed by atoms with Crippen molar-refractivity contribution in [1.29, 1.82) is 0 Å². The molecular weight excluding hydrogens is 340 g/mol. The van der Waals surface area contributed by atoms with Crippen LogP contribution in [0, 0.1) is 0 Å². The second kappa shape index (κ2) is 9.24. The molecule has 2 rings (SSSR count). The summed E-state index contributed by atoms with van der Waals surface area (Å²) in [6, 6.07) is 5.22. The average Bonchev–Trinajstić information content (AvgIpc) is 3.00. The van der Waals surface area contributed by atoms with Gasteiger partial charge in [-0.1, -0.05) is 25.2 Å². The lowest BCUT2D eigenvalue weighted by Crippen LogP contribution is -2.37. The number of carbonyl (C=O) groups is 1. The third kappa shape index (κ3) is 5.61. The van der Waals surface area contributed by atoms with Crippen LogP contribution in [0.15, 0.2) is 24.4 Å². The van der Waals surface area contributed by atoms with Crippen LogP contribution >= 0.6 is 11.3 Å². The molecule has 0 fully saturated rings. The number of nitrogen functional groups attached to an aromatic ring is 1. The quantitative estimate of drug-likeness (QED) is 0.574. The predicted octanol–water partition coefficient (Wildman–Crippen LogP) is 3.36. The third-order valence-corrected chi connectivity index (χ3v) is 4.44. The highest BCUT2D eigenvalue weighted by Crippen LogP contribution is 2.32. The number of hydrogen-bond acceptors (Lipinski definition) is 6. The third-order valence-electron chi connectivity index (χ3n) is 3.73. The van der Waals surface area contributed by atoms with E-state index in [0.717, 1.165) is 18.4 Å². The van der Waals surface area contributed by atoms with Crippen molar-refractivity contribution in [2.24, 2.45) is 0 Å². The van der Waals surface area contributed by atoms with E-state index >= 15 is 0 Å². The van der Waals surface area contributed by atoms with E-state index in [1.165, 1.54) is 11.3 Å². The summed E-state index contributed by atoms with van der Waals surface area (Å²) < 4.78 is 5.78. The molecule has 0 aliphatic heterocycles. The normalized spacial score (nSPS) is 10.7. The number of nitrogens with one attached hydrogen (secondary N) is 2. The lowest BCUT2D eigenvalue weighted by Gasteiger charge is -2.16. The minimum atomic E-state index is -0.243. The van der Waals surface area contributed by atoms with Crippen molar-refractivity contribution in [2.45, 2.75) is 39.2 Å². The molecule has 1 aromatic carbocycles. The second-order valence-corrected chi connectivity index (χ2v) is 6.55. The van der Waals surface area contributed by atoms with E-state index in [-0.39, 0.29) is 18.7 Å². The fourth-order valence-electron chi connectivity index (χ4n) is 2.35. The van der Waals surface area contributed by atoms with E-state index in [4.69, 9.17) is 10.5 Å². The fourth-order valence-corrected chi connectivity index (χ4v) is 2.89. The maximum absolute atomic E-state index is 12.1. The molecule has 0 unspecified atom stereocenters. The van der Waals surface area contributed by atoms with Crippen LogP contribution in [-0.2, 0) is 6.42 Å². The smallest absolute Gasteiger partial charge is 0.319 e. The van der Waals surface area contributed by atoms with Crippen LogP contribution in [0.1, 0.15) is 32.3 Å². The van der Waals surface area contributed by atoms with Crippen molar-refractivity contribution in [3.05, 3.63) is 30.0 Å². The Morgan fingerprint density at radius 1 is 1.40 bits per heavy atom. The summed E-state index contributed by atoms with van der Waals surface area (Å²) in [7, 11) is 0. The highest BCUT2D eigenvalue weighted by Gasteiger charge is 2.12. The number of aromatic nitrogens is 1. The highest BCUT2D eigenvalue weighted by atomic mass is 32.1. The summed E-state index contributed by atoms with van der Waals surface area (Å²) >= 11 is 1.24. The van der Waals surface area contributed by atoms with Gasteiger partial charge >= 0.3 is 6.03 Å². The zero-order valence-electron chi connectivity index (χ0n) is 14.4. The van der Waals surface area contributed by atoms with Gasteiger partial charge in [0.05, 0.1) is 6.20 Å². The van der Waals surface area contributed by atoms with Crippen molar-refractivity contribution in [2.75, 3.05) is 17.7 Å². The minimum absolute atomic E-state index is 0.0232. The zero-order valence-corrected chi connectivity index (χ0v) is 15.2. The van der Waals surface area contributed by atoms with Gasteiger partial charge in [-0.2, -0.15) is 0 Å². The number of urea groups is 1. The van der Waals surface area contributed by atoms with Gasteiger partial charge in [0, 0.05) is 18.3 Å². The van der Waals surface area contributed by atoms with Crippen LogP contribution in [0.4, 0.5) is 15.6 Å². The Labute approximate surface area is 151 Å². The Hall–Kier alpha value is -2.32. The van der Waals surface area contributed by atoms with Gasteiger partial charge in [-0.15, -0.1) is 0 Å². The molecule has 1 heterocycles. The highest BCUT2D eigenvalue weighted by molar-refractivity contribution is 7.17. The Morgan fingerprint density at radius 3 is 2.76 bits per heavy atom. The molecule has 136 valence electrons. The molecule has 0 atom stereocenters. The molecule has 1 aromatic heterocycles. The number of carbonyl (C=O) groups excluding carboxylic acids is 1. The van der Waals surface area contributed by atoms with Crippen LogP contribution in [0.25, 0.3) is 0 Å². The van der Waals surface area contributed by atoms with Gasteiger partial charge in [-0.25, -0.2) is 9.78 Å². The van der Waals surface area contributed by atoms with Crippen molar-refractivity contribution >= 4 is 28.2 Å². The number of nitrogens with zero attached hydrogens (tertiary/aromatic N) is 1. The molecule has 0 saturated carbocycles. The molecule has 5 N–H and O–H groups in total. The van der Waals surface area contributed by atoms with E-state index in [9.17, 15) is 9.90 Å². The molecular formula is C17H24N4O3S. The van der Waals surface area contributed by atoms with E-state index in [1.807, 2.05) is 13.8 Å². The van der Waals surface area contributed by atoms with E-state index in [2.05, 4.69) is 15.6 Å². The van der Waals surface area contributed by atoms with Gasteiger partial charge in [-0.3, -0.25) is 0 Å². The van der Waals surface area contributed by atoms with Crippen LogP contribution in [0.3, 0.4) is 0 Å². The topological polar surface area (TPSA) is 110 Å². The van der Waals surface area contributed by atoms with Gasteiger partial charge in [-0.05, 0) is 43.0 Å². The number of anilines is 2. The van der Waals surface area contributed by atoms with E-state index in [1.54, 1.807) is 24.4 Å². The fraction of sp³-hybridized carbons (Fsp3) is 0.412. The SMILES string of the molecule is CCC(CC)NC(=O)Nc1ccc(Oc2cnc(N)s2)c(CCO)c1.